The molecule has 0 aromatic heterocycles. The predicted molar refractivity (Wildman–Crippen MR) is 70.9 cm³/mol. The average molecular weight is 286 g/mol. The summed E-state index contributed by atoms with van der Waals surface area (Å²) in [5, 5.41) is 9.80. The molecule has 1 atom stereocenters. The SMILES string of the molecule is COCC1Cc2c(ccc(OC)c2Cl)CN1C(=O)O. The molecule has 1 aromatic carbocycles. The van der Waals surface area contributed by atoms with Crippen molar-refractivity contribution in [2.24, 2.45) is 0 Å². The van der Waals surface area contributed by atoms with Gasteiger partial charge in [-0.05, 0) is 23.6 Å². The van der Waals surface area contributed by atoms with Crippen LogP contribution in [0.15, 0.2) is 12.1 Å². The molecule has 104 valence electrons. The Labute approximate surface area is 116 Å². The summed E-state index contributed by atoms with van der Waals surface area (Å²) in [7, 11) is 3.12. The van der Waals surface area contributed by atoms with Crippen LogP contribution in [-0.4, -0.2) is 43.0 Å². The minimum absolute atomic E-state index is 0.223. The Hall–Kier alpha value is -1.46. The van der Waals surface area contributed by atoms with Crippen molar-refractivity contribution in [1.29, 1.82) is 0 Å². The highest BCUT2D eigenvalue weighted by Gasteiger charge is 2.31. The Morgan fingerprint density at radius 2 is 2.26 bits per heavy atom. The lowest BCUT2D eigenvalue weighted by Gasteiger charge is -2.35. The number of benzene rings is 1. The number of carbonyl (C=O) groups is 1. The monoisotopic (exact) mass is 285 g/mol. The van der Waals surface area contributed by atoms with E-state index in [1.165, 1.54) is 4.90 Å². The van der Waals surface area contributed by atoms with Gasteiger partial charge in [0.05, 0.1) is 24.8 Å². The predicted octanol–water partition coefficient (Wildman–Crippen LogP) is 2.40. The van der Waals surface area contributed by atoms with E-state index in [1.807, 2.05) is 6.07 Å². The number of hydrogen-bond donors (Lipinski definition) is 1. The smallest absolute Gasteiger partial charge is 0.407 e. The number of amides is 1. The van der Waals surface area contributed by atoms with E-state index in [2.05, 4.69) is 0 Å². The summed E-state index contributed by atoms with van der Waals surface area (Å²) >= 11 is 6.29. The minimum Gasteiger partial charge on any atom is -0.495 e. The second-order valence-electron chi connectivity index (χ2n) is 4.44. The molecular weight excluding hydrogens is 270 g/mol. The van der Waals surface area contributed by atoms with Gasteiger partial charge in [-0.15, -0.1) is 0 Å². The van der Waals surface area contributed by atoms with Crippen LogP contribution in [0.4, 0.5) is 4.79 Å². The zero-order chi connectivity index (χ0) is 14.0. The molecule has 0 saturated carbocycles. The van der Waals surface area contributed by atoms with Crippen molar-refractivity contribution in [2.75, 3.05) is 20.8 Å². The molecule has 1 N–H and O–H groups in total. The minimum atomic E-state index is -0.945. The topological polar surface area (TPSA) is 59.0 Å². The largest absolute Gasteiger partial charge is 0.495 e. The van der Waals surface area contributed by atoms with E-state index in [1.54, 1.807) is 20.3 Å². The van der Waals surface area contributed by atoms with Crippen LogP contribution in [0.3, 0.4) is 0 Å². The third-order valence-corrected chi connectivity index (χ3v) is 3.77. The summed E-state index contributed by atoms with van der Waals surface area (Å²) in [4.78, 5) is 12.7. The molecule has 1 amide bonds. The number of halogens is 1. The third kappa shape index (κ3) is 2.62. The lowest BCUT2D eigenvalue weighted by molar-refractivity contribution is 0.0702. The first-order valence-corrected chi connectivity index (χ1v) is 6.29. The van der Waals surface area contributed by atoms with Crippen LogP contribution in [0.5, 0.6) is 5.75 Å². The second-order valence-corrected chi connectivity index (χ2v) is 4.82. The lowest BCUT2D eigenvalue weighted by atomic mass is 9.94. The van der Waals surface area contributed by atoms with Crippen molar-refractivity contribution in [1.82, 2.24) is 4.90 Å². The molecule has 19 heavy (non-hydrogen) atoms. The summed E-state index contributed by atoms with van der Waals surface area (Å²) in [6.45, 7) is 0.668. The molecule has 1 aliphatic rings. The van der Waals surface area contributed by atoms with E-state index in [0.717, 1.165) is 11.1 Å². The molecule has 5 nitrogen and oxygen atoms in total. The highest BCUT2D eigenvalue weighted by atomic mass is 35.5. The van der Waals surface area contributed by atoms with Crippen LogP contribution >= 0.6 is 11.6 Å². The van der Waals surface area contributed by atoms with E-state index >= 15 is 0 Å². The van der Waals surface area contributed by atoms with Crippen molar-refractivity contribution in [3.8, 4) is 5.75 Å². The number of rotatable bonds is 3. The van der Waals surface area contributed by atoms with E-state index in [0.29, 0.717) is 30.3 Å². The zero-order valence-corrected chi connectivity index (χ0v) is 11.6. The zero-order valence-electron chi connectivity index (χ0n) is 10.9. The van der Waals surface area contributed by atoms with Gasteiger partial charge >= 0.3 is 6.09 Å². The van der Waals surface area contributed by atoms with Gasteiger partial charge in [0.25, 0.3) is 0 Å². The number of carboxylic acid groups (broad SMARTS) is 1. The summed E-state index contributed by atoms with van der Waals surface area (Å²) in [5.41, 5.74) is 1.86. The standard InChI is InChI=1S/C13H16ClNO4/c1-18-7-9-5-10-8(6-15(9)13(16)17)3-4-11(19-2)12(10)14/h3-4,9H,5-7H2,1-2H3,(H,16,17). The van der Waals surface area contributed by atoms with Gasteiger partial charge in [-0.25, -0.2) is 4.79 Å². The van der Waals surface area contributed by atoms with Crippen molar-refractivity contribution >= 4 is 17.7 Å². The van der Waals surface area contributed by atoms with Gasteiger partial charge in [-0.2, -0.15) is 0 Å². The van der Waals surface area contributed by atoms with Crippen LogP contribution in [0.25, 0.3) is 0 Å². The first-order chi connectivity index (χ1) is 9.08. The van der Waals surface area contributed by atoms with E-state index in [9.17, 15) is 9.90 Å². The molecule has 1 heterocycles. The fourth-order valence-corrected chi connectivity index (χ4v) is 2.73. The summed E-state index contributed by atoms with van der Waals surface area (Å²) in [5.74, 6) is 0.611. The van der Waals surface area contributed by atoms with Gasteiger partial charge in [0.15, 0.2) is 0 Å². The second kappa shape index (κ2) is 5.67. The molecule has 0 bridgehead atoms. The molecule has 0 saturated heterocycles. The van der Waals surface area contributed by atoms with Crippen LogP contribution in [0.1, 0.15) is 11.1 Å². The first kappa shape index (κ1) is 14.0. The molecule has 0 radical (unpaired) electrons. The lowest BCUT2D eigenvalue weighted by Crippen LogP contribution is -2.46. The maximum absolute atomic E-state index is 11.3. The molecule has 1 unspecified atom stereocenters. The van der Waals surface area contributed by atoms with Gasteiger partial charge in [-0.3, -0.25) is 4.90 Å². The molecule has 0 spiro atoms. The van der Waals surface area contributed by atoms with Gasteiger partial charge in [0, 0.05) is 13.7 Å². The van der Waals surface area contributed by atoms with Crippen molar-refractivity contribution < 1.29 is 19.4 Å². The van der Waals surface area contributed by atoms with E-state index in [-0.39, 0.29) is 6.04 Å². The first-order valence-electron chi connectivity index (χ1n) is 5.91. The van der Waals surface area contributed by atoms with Gasteiger partial charge in [0.1, 0.15) is 5.75 Å². The third-order valence-electron chi connectivity index (χ3n) is 3.35. The molecule has 1 aliphatic heterocycles. The molecule has 2 rings (SSSR count). The molecule has 0 fully saturated rings. The summed E-state index contributed by atoms with van der Waals surface area (Å²) in [6.07, 6.45) is -0.412. The number of ether oxygens (including phenoxy) is 2. The van der Waals surface area contributed by atoms with Crippen LogP contribution in [0.2, 0.25) is 5.02 Å². The number of fused-ring (bicyclic) bond motifs is 1. The highest BCUT2D eigenvalue weighted by molar-refractivity contribution is 6.33. The molecular formula is C13H16ClNO4. The quantitative estimate of drug-likeness (QED) is 0.926. The molecule has 1 aromatic rings. The Balaban J connectivity index is 2.38. The van der Waals surface area contributed by atoms with Crippen LogP contribution < -0.4 is 4.74 Å². The average Bonchev–Trinajstić information content (AvgIpc) is 2.39. The Morgan fingerprint density at radius 1 is 1.53 bits per heavy atom. The van der Waals surface area contributed by atoms with Gasteiger partial charge in [-0.1, -0.05) is 17.7 Å². The Kier molecular flexibility index (Phi) is 4.17. The van der Waals surface area contributed by atoms with Crippen molar-refractivity contribution in [3.05, 3.63) is 28.3 Å². The number of nitrogens with zero attached hydrogens (tertiary/aromatic N) is 1. The Bertz CT molecular complexity index is 492. The maximum atomic E-state index is 11.3. The fourth-order valence-electron chi connectivity index (χ4n) is 2.39. The fraction of sp³-hybridized carbons (Fsp3) is 0.462. The van der Waals surface area contributed by atoms with Crippen LogP contribution in [0, 0.1) is 0 Å². The maximum Gasteiger partial charge on any atom is 0.407 e. The van der Waals surface area contributed by atoms with Crippen LogP contribution in [-0.2, 0) is 17.7 Å². The van der Waals surface area contributed by atoms with Gasteiger partial charge < -0.3 is 14.6 Å². The summed E-state index contributed by atoms with van der Waals surface area (Å²) in [6, 6.07) is 3.40. The molecule has 0 aliphatic carbocycles. The Morgan fingerprint density at radius 3 is 2.84 bits per heavy atom. The summed E-state index contributed by atoms with van der Waals surface area (Å²) < 4.78 is 10.3. The highest BCUT2D eigenvalue weighted by Crippen LogP contribution is 2.35. The molecule has 6 heteroatoms. The van der Waals surface area contributed by atoms with Gasteiger partial charge in [0.2, 0.25) is 0 Å². The van der Waals surface area contributed by atoms with Crippen molar-refractivity contribution in [2.45, 2.75) is 19.0 Å². The number of methoxy groups -OCH3 is 2. The van der Waals surface area contributed by atoms with E-state index in [4.69, 9.17) is 21.1 Å². The number of hydrogen-bond acceptors (Lipinski definition) is 3. The van der Waals surface area contributed by atoms with E-state index < -0.39 is 6.09 Å². The van der Waals surface area contributed by atoms with Crippen molar-refractivity contribution in [3.63, 3.8) is 0 Å². The normalized spacial score (nSPS) is 18.1.